The molecule has 1 aliphatic rings. The number of β-lactam (4-membered cyclic amide) rings is 1. The van der Waals surface area contributed by atoms with E-state index in [1.807, 2.05) is 0 Å². The molecule has 0 radical (unpaired) electrons. The lowest BCUT2D eigenvalue weighted by atomic mass is 10.2. The van der Waals surface area contributed by atoms with Gasteiger partial charge in [0.1, 0.15) is 6.23 Å². The molecule has 1 atom stereocenters. The second-order valence-corrected chi connectivity index (χ2v) is 1.29. The van der Waals surface area contributed by atoms with Gasteiger partial charge in [-0.15, -0.1) is 0 Å². The highest BCUT2D eigenvalue weighted by molar-refractivity contribution is 5.81. The van der Waals surface area contributed by atoms with Crippen molar-refractivity contribution in [2.45, 2.75) is 12.6 Å². The fraction of sp³-hybridized carbons (Fsp3) is 0.667. The monoisotopic (exact) mass is 87.0 g/mol. The van der Waals surface area contributed by atoms with Gasteiger partial charge in [-0.3, -0.25) is 4.79 Å². The molecular formula is C3H5NO2. The van der Waals surface area contributed by atoms with Crippen molar-refractivity contribution in [3.05, 3.63) is 0 Å². The van der Waals surface area contributed by atoms with Crippen molar-refractivity contribution in [3.8, 4) is 0 Å². The minimum atomic E-state index is -0.558. The molecule has 6 heavy (non-hydrogen) atoms. The van der Waals surface area contributed by atoms with Crippen molar-refractivity contribution in [2.24, 2.45) is 0 Å². The van der Waals surface area contributed by atoms with Crippen molar-refractivity contribution in [3.63, 3.8) is 0 Å². The first kappa shape index (κ1) is 3.61. The SMILES string of the molecule is O=C1CC(O)N1. The Kier molecular flexibility index (Phi) is 0.569. The van der Waals surface area contributed by atoms with Crippen LogP contribution in [0.2, 0.25) is 0 Å². The summed E-state index contributed by atoms with van der Waals surface area (Å²) in [5.41, 5.74) is 0. The Balaban J connectivity index is 2.28. The molecule has 1 fully saturated rings. The van der Waals surface area contributed by atoms with Crippen LogP contribution in [-0.4, -0.2) is 17.2 Å². The Hall–Kier alpha value is -0.570. The molecule has 0 aromatic rings. The van der Waals surface area contributed by atoms with Crippen molar-refractivity contribution in [1.29, 1.82) is 0 Å². The molecule has 34 valence electrons. The molecule has 2 N–H and O–H groups in total. The van der Waals surface area contributed by atoms with Gasteiger partial charge in [0.2, 0.25) is 5.91 Å². The van der Waals surface area contributed by atoms with E-state index in [1.54, 1.807) is 0 Å². The van der Waals surface area contributed by atoms with Gasteiger partial charge in [-0.05, 0) is 0 Å². The number of aliphatic hydroxyl groups excluding tert-OH is 1. The molecule has 3 heteroatoms. The summed E-state index contributed by atoms with van der Waals surface area (Å²) >= 11 is 0. The first-order valence-electron chi connectivity index (χ1n) is 1.76. The number of carbonyl (C=O) groups excluding carboxylic acids is 1. The Morgan fingerprint density at radius 2 is 2.50 bits per heavy atom. The lowest BCUT2D eigenvalue weighted by Gasteiger charge is -2.19. The molecule has 0 aromatic heterocycles. The third-order valence-electron chi connectivity index (χ3n) is 0.706. The molecule has 0 aliphatic carbocycles. The summed E-state index contributed by atoms with van der Waals surface area (Å²) in [5.74, 6) is -0.0671. The standard InChI is InChI=1S/C3H5NO2/c5-2-1-3(6)4-2/h2,5H,1H2,(H,4,6). The highest BCUT2D eigenvalue weighted by Gasteiger charge is 2.21. The molecule has 0 bridgehead atoms. The molecule has 3 nitrogen and oxygen atoms in total. The largest absolute Gasteiger partial charge is 0.373 e. The summed E-state index contributed by atoms with van der Waals surface area (Å²) in [6.45, 7) is 0. The molecule has 1 aliphatic heterocycles. The fourth-order valence-electron chi connectivity index (χ4n) is 0.340. The molecule has 1 saturated heterocycles. The van der Waals surface area contributed by atoms with Crippen LogP contribution in [0.5, 0.6) is 0 Å². The molecule has 0 spiro atoms. The third kappa shape index (κ3) is 0.367. The Bertz CT molecular complexity index is 72.9. The van der Waals surface area contributed by atoms with Crippen LogP contribution in [0, 0.1) is 0 Å². The first-order valence-corrected chi connectivity index (χ1v) is 1.76. The van der Waals surface area contributed by atoms with Gasteiger partial charge in [-0.2, -0.15) is 0 Å². The van der Waals surface area contributed by atoms with Gasteiger partial charge in [-0.25, -0.2) is 0 Å². The molecule has 1 amide bonds. The first-order chi connectivity index (χ1) is 2.79. The quantitative estimate of drug-likeness (QED) is 0.365. The second kappa shape index (κ2) is 0.944. The summed E-state index contributed by atoms with van der Waals surface area (Å²) in [6, 6.07) is 0. The highest BCUT2D eigenvalue weighted by atomic mass is 16.3. The van der Waals surface area contributed by atoms with Crippen LogP contribution < -0.4 is 5.32 Å². The van der Waals surface area contributed by atoms with Crippen molar-refractivity contribution in [2.75, 3.05) is 0 Å². The average Bonchev–Trinajstić information content (AvgIpc) is 1.33. The van der Waals surface area contributed by atoms with E-state index in [9.17, 15) is 4.79 Å². The molecule has 0 saturated carbocycles. The summed E-state index contributed by atoms with van der Waals surface area (Å²) in [5, 5.41) is 10.5. The van der Waals surface area contributed by atoms with Gasteiger partial charge in [0.15, 0.2) is 0 Å². The van der Waals surface area contributed by atoms with E-state index in [1.165, 1.54) is 0 Å². The number of aliphatic hydroxyl groups is 1. The van der Waals surface area contributed by atoms with Gasteiger partial charge >= 0.3 is 0 Å². The zero-order chi connectivity index (χ0) is 4.57. The summed E-state index contributed by atoms with van der Waals surface area (Å²) in [6.07, 6.45) is -0.280. The highest BCUT2D eigenvalue weighted by Crippen LogP contribution is 1.96. The molecule has 0 aromatic carbocycles. The van der Waals surface area contributed by atoms with Crippen molar-refractivity contribution < 1.29 is 9.90 Å². The van der Waals surface area contributed by atoms with Gasteiger partial charge in [0.05, 0.1) is 6.42 Å². The zero-order valence-corrected chi connectivity index (χ0v) is 3.14. The fourth-order valence-corrected chi connectivity index (χ4v) is 0.340. The van der Waals surface area contributed by atoms with Gasteiger partial charge in [0, 0.05) is 0 Å². The van der Waals surface area contributed by atoms with Crippen LogP contribution in [0.1, 0.15) is 6.42 Å². The maximum atomic E-state index is 9.84. The van der Waals surface area contributed by atoms with E-state index in [2.05, 4.69) is 5.32 Å². The third-order valence-corrected chi connectivity index (χ3v) is 0.706. The Morgan fingerprint density at radius 1 is 2.00 bits per heavy atom. The number of amides is 1. The van der Waals surface area contributed by atoms with E-state index >= 15 is 0 Å². The average molecular weight is 87.1 g/mol. The molecule has 1 unspecified atom stereocenters. The van der Waals surface area contributed by atoms with Gasteiger partial charge in [0.25, 0.3) is 0 Å². The number of hydrogen-bond donors (Lipinski definition) is 2. The zero-order valence-electron chi connectivity index (χ0n) is 3.14. The summed E-state index contributed by atoms with van der Waals surface area (Å²) in [4.78, 5) is 9.84. The van der Waals surface area contributed by atoms with E-state index in [0.717, 1.165) is 0 Å². The van der Waals surface area contributed by atoms with E-state index in [-0.39, 0.29) is 12.3 Å². The maximum absolute atomic E-state index is 9.84. The van der Waals surface area contributed by atoms with E-state index < -0.39 is 6.23 Å². The number of carbonyl (C=O) groups is 1. The summed E-state index contributed by atoms with van der Waals surface area (Å²) < 4.78 is 0. The van der Waals surface area contributed by atoms with E-state index in [4.69, 9.17) is 5.11 Å². The lowest BCUT2D eigenvalue weighted by molar-refractivity contribution is -0.135. The van der Waals surface area contributed by atoms with Crippen LogP contribution in [-0.2, 0) is 4.79 Å². The van der Waals surface area contributed by atoms with Gasteiger partial charge < -0.3 is 10.4 Å². The predicted molar refractivity (Wildman–Crippen MR) is 18.8 cm³/mol. The Morgan fingerprint density at radius 3 is 2.50 bits per heavy atom. The topological polar surface area (TPSA) is 49.3 Å². The number of hydrogen-bond acceptors (Lipinski definition) is 2. The van der Waals surface area contributed by atoms with Gasteiger partial charge in [-0.1, -0.05) is 0 Å². The van der Waals surface area contributed by atoms with Crippen LogP contribution in [0.15, 0.2) is 0 Å². The lowest BCUT2D eigenvalue weighted by Crippen LogP contribution is -2.48. The minimum Gasteiger partial charge on any atom is -0.373 e. The predicted octanol–water partition coefficient (Wildman–Crippen LogP) is -1.18. The summed E-state index contributed by atoms with van der Waals surface area (Å²) in [7, 11) is 0. The van der Waals surface area contributed by atoms with Crippen LogP contribution in [0.25, 0.3) is 0 Å². The van der Waals surface area contributed by atoms with Crippen molar-refractivity contribution in [1.82, 2.24) is 5.32 Å². The van der Waals surface area contributed by atoms with Crippen molar-refractivity contribution >= 4 is 5.91 Å². The van der Waals surface area contributed by atoms with Crippen LogP contribution in [0.4, 0.5) is 0 Å². The number of rotatable bonds is 0. The number of nitrogens with one attached hydrogen (secondary N) is 1. The normalized spacial score (nSPS) is 31.5. The molecular weight excluding hydrogens is 82.0 g/mol. The Labute approximate surface area is 35.0 Å². The van der Waals surface area contributed by atoms with Crippen LogP contribution in [0.3, 0.4) is 0 Å². The minimum absolute atomic E-state index is 0.0671. The smallest absolute Gasteiger partial charge is 0.226 e. The molecule has 1 rings (SSSR count). The molecule has 1 heterocycles. The van der Waals surface area contributed by atoms with Crippen LogP contribution >= 0.6 is 0 Å². The second-order valence-electron chi connectivity index (χ2n) is 1.29. The maximum Gasteiger partial charge on any atom is 0.226 e. The van der Waals surface area contributed by atoms with E-state index in [0.29, 0.717) is 0 Å².